The third kappa shape index (κ3) is 5.52. The van der Waals surface area contributed by atoms with Gasteiger partial charge in [0.15, 0.2) is 0 Å². The maximum Gasteiger partial charge on any atom is 0.461 e. The summed E-state index contributed by atoms with van der Waals surface area (Å²) in [5, 5.41) is 0. The van der Waals surface area contributed by atoms with Crippen LogP contribution in [-0.2, 0) is 0 Å². The average molecular weight is 467 g/mol. The van der Waals surface area contributed by atoms with Gasteiger partial charge in [-0.25, -0.2) is 4.39 Å². The smallest absolute Gasteiger partial charge is 0.428 e. The highest BCUT2D eigenvalue weighted by molar-refractivity contribution is 5.65. The summed E-state index contributed by atoms with van der Waals surface area (Å²) >= 11 is 0. The lowest BCUT2D eigenvalue weighted by molar-refractivity contribution is -0.253. The predicted octanol–water partition coefficient (Wildman–Crippen LogP) is 8.83. The van der Waals surface area contributed by atoms with E-state index in [-0.39, 0.29) is 5.82 Å². The Labute approximate surface area is 192 Å². The molecule has 0 N–H and O–H groups in total. The van der Waals surface area contributed by atoms with Gasteiger partial charge in [0.2, 0.25) is 0 Å². The molecule has 1 unspecified atom stereocenters. The molecular formula is C27H31F5O. The number of hydrogen-bond donors (Lipinski definition) is 0. The monoisotopic (exact) mass is 466 g/mol. The van der Waals surface area contributed by atoms with E-state index in [1.807, 2.05) is 6.07 Å². The third-order valence-electron chi connectivity index (χ3n) is 7.56. The van der Waals surface area contributed by atoms with Crippen LogP contribution in [0.25, 0.3) is 11.1 Å². The molecular weight excluding hydrogens is 435 g/mol. The summed E-state index contributed by atoms with van der Waals surface area (Å²) in [5.74, 6) is 2.03. The Kier molecular flexibility index (Phi) is 7.30. The van der Waals surface area contributed by atoms with E-state index < -0.39 is 18.3 Å². The van der Waals surface area contributed by atoms with Crippen molar-refractivity contribution in [1.29, 1.82) is 0 Å². The van der Waals surface area contributed by atoms with Gasteiger partial charge in [-0.15, -0.1) is 0 Å². The topological polar surface area (TPSA) is 9.23 Å². The summed E-state index contributed by atoms with van der Waals surface area (Å²) < 4.78 is 69.8. The Morgan fingerprint density at radius 3 is 2.30 bits per heavy atom. The van der Waals surface area contributed by atoms with Crippen LogP contribution in [0.3, 0.4) is 0 Å². The van der Waals surface area contributed by atoms with Crippen molar-refractivity contribution in [3.05, 3.63) is 53.8 Å². The molecule has 1 nitrogen and oxygen atoms in total. The van der Waals surface area contributed by atoms with E-state index in [2.05, 4.69) is 11.7 Å². The van der Waals surface area contributed by atoms with Gasteiger partial charge < -0.3 is 4.74 Å². The molecule has 2 saturated carbocycles. The van der Waals surface area contributed by atoms with Gasteiger partial charge >= 0.3 is 12.5 Å². The number of benzene rings is 2. The predicted molar refractivity (Wildman–Crippen MR) is 119 cm³/mol. The molecule has 180 valence electrons. The van der Waals surface area contributed by atoms with E-state index in [0.717, 1.165) is 48.3 Å². The highest BCUT2D eigenvalue weighted by atomic mass is 19.3. The van der Waals surface area contributed by atoms with Crippen molar-refractivity contribution >= 4 is 0 Å². The highest BCUT2D eigenvalue weighted by Gasteiger charge is 2.44. The summed E-state index contributed by atoms with van der Waals surface area (Å²) in [6.07, 6.45) is 1.46. The molecule has 0 spiro atoms. The standard InChI is InChI=1S/C27H31F5O/c1-2-3-17-4-5-20-15-21(7-6-19(20)14-17)22-10-13-24(25(28)16-22)18-8-11-23(12-9-18)33-27(31,32)26(29)30/h8-13,16-17,19-21,26H,2-7,14-15H2,1H3/t17?,19-,20-,21-/m1/s1. The SMILES string of the molecule is CCCC1CC[C@@H]2C[C@H](c3ccc(-c4ccc(OC(F)(F)C(F)F)cc4)c(F)c3)CC[C@@H]2C1. The first kappa shape index (κ1) is 24.0. The molecule has 33 heavy (non-hydrogen) atoms. The second kappa shape index (κ2) is 10.0. The summed E-state index contributed by atoms with van der Waals surface area (Å²) in [6, 6.07) is 10.4. The van der Waals surface area contributed by atoms with Crippen LogP contribution in [0, 0.1) is 23.6 Å². The largest absolute Gasteiger partial charge is 0.461 e. The minimum atomic E-state index is -4.57. The number of rotatable bonds is 7. The van der Waals surface area contributed by atoms with E-state index in [0.29, 0.717) is 17.0 Å². The van der Waals surface area contributed by atoms with Gasteiger partial charge in [0.1, 0.15) is 11.6 Å². The molecule has 4 rings (SSSR count). The van der Waals surface area contributed by atoms with Gasteiger partial charge in [-0.3, -0.25) is 0 Å². The van der Waals surface area contributed by atoms with Crippen LogP contribution in [0.15, 0.2) is 42.5 Å². The summed E-state index contributed by atoms with van der Waals surface area (Å²) in [7, 11) is 0. The molecule has 0 saturated heterocycles. The molecule has 0 amide bonds. The van der Waals surface area contributed by atoms with Crippen molar-refractivity contribution in [3.63, 3.8) is 0 Å². The van der Waals surface area contributed by atoms with Crippen LogP contribution in [0.5, 0.6) is 5.75 Å². The van der Waals surface area contributed by atoms with Gasteiger partial charge in [-0.2, -0.15) is 17.6 Å². The molecule has 2 fully saturated rings. The summed E-state index contributed by atoms with van der Waals surface area (Å²) in [5.41, 5.74) is 1.84. The Hall–Kier alpha value is -2.11. The molecule has 0 aliphatic heterocycles. The quantitative estimate of drug-likeness (QED) is 0.370. The third-order valence-corrected chi connectivity index (χ3v) is 7.56. The first-order valence-corrected chi connectivity index (χ1v) is 12.0. The molecule has 0 bridgehead atoms. The van der Waals surface area contributed by atoms with Gasteiger partial charge in [0.05, 0.1) is 0 Å². The summed E-state index contributed by atoms with van der Waals surface area (Å²) in [6.45, 7) is 2.26. The van der Waals surface area contributed by atoms with Crippen molar-refractivity contribution in [2.75, 3.05) is 0 Å². The fourth-order valence-corrected chi connectivity index (χ4v) is 5.88. The second-order valence-electron chi connectivity index (χ2n) is 9.73. The van der Waals surface area contributed by atoms with Gasteiger partial charge in [-0.05, 0) is 85.1 Å². The molecule has 2 aromatic carbocycles. The van der Waals surface area contributed by atoms with E-state index in [4.69, 9.17) is 0 Å². The number of alkyl halides is 4. The highest BCUT2D eigenvalue weighted by Crippen LogP contribution is 2.48. The zero-order valence-electron chi connectivity index (χ0n) is 18.9. The Bertz CT molecular complexity index is 927. The molecule has 4 atom stereocenters. The van der Waals surface area contributed by atoms with Crippen molar-refractivity contribution in [3.8, 4) is 16.9 Å². The lowest BCUT2D eigenvalue weighted by Crippen LogP contribution is -2.33. The fraction of sp³-hybridized carbons (Fsp3) is 0.556. The first-order valence-electron chi connectivity index (χ1n) is 12.0. The molecule has 2 aliphatic rings. The second-order valence-corrected chi connectivity index (χ2v) is 9.73. The van der Waals surface area contributed by atoms with E-state index in [9.17, 15) is 22.0 Å². The molecule has 0 aromatic heterocycles. The molecule has 6 heteroatoms. The zero-order chi connectivity index (χ0) is 23.6. The number of ether oxygens (including phenoxy) is 1. The Morgan fingerprint density at radius 1 is 0.939 bits per heavy atom. The maximum atomic E-state index is 15.0. The lowest BCUT2D eigenvalue weighted by Gasteiger charge is -2.42. The minimum absolute atomic E-state index is 0.347. The lowest BCUT2D eigenvalue weighted by atomic mass is 9.63. The number of fused-ring (bicyclic) bond motifs is 1. The van der Waals surface area contributed by atoms with Crippen molar-refractivity contribution in [2.24, 2.45) is 17.8 Å². The molecule has 0 heterocycles. The fourth-order valence-electron chi connectivity index (χ4n) is 5.88. The van der Waals surface area contributed by atoms with Crippen molar-refractivity contribution < 1.29 is 26.7 Å². The minimum Gasteiger partial charge on any atom is -0.428 e. The number of halogens is 5. The average Bonchev–Trinajstić information content (AvgIpc) is 2.79. The van der Waals surface area contributed by atoms with Crippen LogP contribution in [0.1, 0.15) is 69.8 Å². The Balaban J connectivity index is 1.42. The van der Waals surface area contributed by atoms with E-state index in [1.54, 1.807) is 12.1 Å². The molecule has 2 aromatic rings. The van der Waals surface area contributed by atoms with Crippen molar-refractivity contribution in [1.82, 2.24) is 0 Å². The Morgan fingerprint density at radius 2 is 1.64 bits per heavy atom. The van der Waals surface area contributed by atoms with Crippen LogP contribution < -0.4 is 4.74 Å². The van der Waals surface area contributed by atoms with Crippen LogP contribution in [0.4, 0.5) is 22.0 Å². The summed E-state index contributed by atoms with van der Waals surface area (Å²) in [4.78, 5) is 0. The normalized spacial score (nSPS) is 25.7. The van der Waals surface area contributed by atoms with E-state index >= 15 is 0 Å². The van der Waals surface area contributed by atoms with Crippen molar-refractivity contribution in [2.45, 2.75) is 76.7 Å². The maximum absolute atomic E-state index is 15.0. The van der Waals surface area contributed by atoms with Crippen LogP contribution >= 0.6 is 0 Å². The zero-order valence-corrected chi connectivity index (χ0v) is 18.9. The molecule has 2 aliphatic carbocycles. The van der Waals surface area contributed by atoms with Gasteiger partial charge in [0.25, 0.3) is 0 Å². The van der Waals surface area contributed by atoms with Crippen LogP contribution in [-0.4, -0.2) is 12.5 Å². The van der Waals surface area contributed by atoms with Gasteiger partial charge in [-0.1, -0.05) is 50.5 Å². The molecule has 0 radical (unpaired) electrons. The van der Waals surface area contributed by atoms with Gasteiger partial charge in [0, 0.05) is 5.56 Å². The van der Waals surface area contributed by atoms with Crippen LogP contribution in [0.2, 0.25) is 0 Å². The first-order chi connectivity index (χ1) is 15.8. The van der Waals surface area contributed by atoms with E-state index in [1.165, 1.54) is 50.7 Å². The number of hydrogen-bond acceptors (Lipinski definition) is 1.